The van der Waals surface area contributed by atoms with Crippen LogP contribution >= 0.6 is 0 Å². The smallest absolute Gasteiger partial charge is 0.224 e. The van der Waals surface area contributed by atoms with Gasteiger partial charge in [0.15, 0.2) is 5.79 Å². The van der Waals surface area contributed by atoms with Gasteiger partial charge in [0.05, 0.1) is 13.2 Å². The molecule has 142 valence electrons. The van der Waals surface area contributed by atoms with E-state index in [-0.39, 0.29) is 11.8 Å². The van der Waals surface area contributed by atoms with E-state index in [0.29, 0.717) is 52.1 Å². The molecule has 2 heterocycles. The summed E-state index contributed by atoms with van der Waals surface area (Å²) in [6, 6.07) is 6.04. The molecule has 2 saturated heterocycles. The van der Waals surface area contributed by atoms with Crippen molar-refractivity contribution in [2.24, 2.45) is 0 Å². The van der Waals surface area contributed by atoms with Crippen LogP contribution in [0.1, 0.15) is 37.3 Å². The normalized spacial score (nSPS) is 19.0. The largest absolute Gasteiger partial charge is 0.347 e. The van der Waals surface area contributed by atoms with Gasteiger partial charge in [-0.1, -0.05) is 12.1 Å². The minimum absolute atomic E-state index is 0.0446. The first-order valence-electron chi connectivity index (χ1n) is 9.31. The number of aryl methyl sites for hydroxylation is 2. The molecule has 2 fully saturated rings. The summed E-state index contributed by atoms with van der Waals surface area (Å²) in [7, 11) is 0. The molecular weight excluding hydrogens is 332 g/mol. The number of amides is 2. The van der Waals surface area contributed by atoms with Crippen LogP contribution in [0.2, 0.25) is 0 Å². The molecule has 6 heteroatoms. The van der Waals surface area contributed by atoms with Crippen LogP contribution in [0.25, 0.3) is 0 Å². The lowest BCUT2D eigenvalue weighted by molar-refractivity contribution is -0.187. The van der Waals surface area contributed by atoms with E-state index in [9.17, 15) is 9.59 Å². The monoisotopic (exact) mass is 360 g/mol. The van der Waals surface area contributed by atoms with Gasteiger partial charge in [0, 0.05) is 51.5 Å². The van der Waals surface area contributed by atoms with Crippen molar-refractivity contribution < 1.29 is 19.1 Å². The fraction of sp³-hybridized carbons (Fsp3) is 0.600. The van der Waals surface area contributed by atoms with Crippen LogP contribution in [-0.4, -0.2) is 55.3 Å². The maximum atomic E-state index is 12.6. The lowest BCUT2D eigenvalue weighted by Crippen LogP contribution is -2.48. The number of anilines is 1. The van der Waals surface area contributed by atoms with Crippen molar-refractivity contribution in [2.75, 3.05) is 37.7 Å². The number of hydrogen-bond donors (Lipinski definition) is 0. The second-order valence-electron chi connectivity index (χ2n) is 7.20. The molecule has 1 spiro atoms. The predicted octanol–water partition coefficient (Wildman–Crippen LogP) is 2.41. The molecule has 0 unspecified atom stereocenters. The van der Waals surface area contributed by atoms with Crippen molar-refractivity contribution in [2.45, 2.75) is 45.8 Å². The van der Waals surface area contributed by atoms with Crippen LogP contribution in [0.5, 0.6) is 0 Å². The fourth-order valence-electron chi connectivity index (χ4n) is 3.71. The van der Waals surface area contributed by atoms with Crippen LogP contribution < -0.4 is 4.90 Å². The zero-order valence-corrected chi connectivity index (χ0v) is 15.9. The maximum Gasteiger partial charge on any atom is 0.224 e. The Morgan fingerprint density at radius 3 is 2.42 bits per heavy atom. The third-order valence-electron chi connectivity index (χ3n) is 5.28. The van der Waals surface area contributed by atoms with Crippen molar-refractivity contribution in [3.05, 3.63) is 29.3 Å². The van der Waals surface area contributed by atoms with Crippen molar-refractivity contribution in [3.63, 3.8) is 0 Å². The van der Waals surface area contributed by atoms with E-state index < -0.39 is 5.79 Å². The summed E-state index contributed by atoms with van der Waals surface area (Å²) < 4.78 is 11.4. The number of hydrogen-bond acceptors (Lipinski definition) is 4. The second kappa shape index (κ2) is 7.76. The Kier molecular flexibility index (Phi) is 5.63. The highest BCUT2D eigenvalue weighted by atomic mass is 16.7. The summed E-state index contributed by atoms with van der Waals surface area (Å²) in [6.07, 6.45) is 1.75. The maximum absolute atomic E-state index is 12.6. The molecule has 0 bridgehead atoms. The molecule has 0 N–H and O–H groups in total. The van der Waals surface area contributed by atoms with Crippen LogP contribution in [0.4, 0.5) is 5.69 Å². The molecule has 1 aromatic rings. The summed E-state index contributed by atoms with van der Waals surface area (Å²) in [5, 5.41) is 0. The summed E-state index contributed by atoms with van der Waals surface area (Å²) in [4.78, 5) is 28.3. The van der Waals surface area contributed by atoms with Gasteiger partial charge in [0.1, 0.15) is 0 Å². The highest BCUT2D eigenvalue weighted by molar-refractivity contribution is 5.93. The molecule has 2 aliphatic rings. The number of carbonyl (C=O) groups excluding carboxylic acids is 2. The Hall–Kier alpha value is -1.92. The van der Waals surface area contributed by atoms with Crippen LogP contribution in [0.3, 0.4) is 0 Å². The molecule has 0 aliphatic carbocycles. The minimum atomic E-state index is -0.471. The van der Waals surface area contributed by atoms with E-state index in [1.54, 1.807) is 11.8 Å². The highest BCUT2D eigenvalue weighted by Crippen LogP contribution is 2.31. The van der Waals surface area contributed by atoms with Crippen molar-refractivity contribution in [1.29, 1.82) is 0 Å². The molecule has 2 aliphatic heterocycles. The third kappa shape index (κ3) is 4.07. The Morgan fingerprint density at radius 2 is 1.81 bits per heavy atom. The number of benzene rings is 1. The zero-order valence-electron chi connectivity index (χ0n) is 15.9. The van der Waals surface area contributed by atoms with E-state index >= 15 is 0 Å². The number of nitrogens with zero attached hydrogens (tertiary/aromatic N) is 2. The average molecular weight is 360 g/mol. The summed E-state index contributed by atoms with van der Waals surface area (Å²) in [6.45, 7) is 8.49. The molecule has 26 heavy (non-hydrogen) atoms. The number of likely N-dealkylation sites (tertiary alicyclic amines) is 1. The number of piperidine rings is 1. The molecule has 0 aromatic heterocycles. The van der Waals surface area contributed by atoms with Crippen LogP contribution in [0, 0.1) is 13.8 Å². The Balaban J connectivity index is 1.58. The highest BCUT2D eigenvalue weighted by Gasteiger charge is 2.40. The first-order chi connectivity index (χ1) is 12.4. The molecule has 2 amide bonds. The molecule has 6 nitrogen and oxygen atoms in total. The first kappa shape index (κ1) is 18.9. The molecule has 0 saturated carbocycles. The van der Waals surface area contributed by atoms with Gasteiger partial charge in [-0.25, -0.2) is 0 Å². The second-order valence-corrected chi connectivity index (χ2v) is 7.20. The van der Waals surface area contributed by atoms with E-state index in [2.05, 4.69) is 0 Å². The molecular formula is C20H28N2O4. The lowest BCUT2D eigenvalue weighted by Gasteiger charge is -2.37. The number of rotatable bonds is 4. The fourth-order valence-corrected chi connectivity index (χ4v) is 3.71. The summed E-state index contributed by atoms with van der Waals surface area (Å²) >= 11 is 0. The Morgan fingerprint density at radius 1 is 1.15 bits per heavy atom. The SMILES string of the molecule is CC(=O)N(CCC(=O)N1CCC2(CC1)OCCO2)c1cc(C)ccc1C. The predicted molar refractivity (Wildman–Crippen MR) is 99.0 cm³/mol. The van der Waals surface area contributed by atoms with Crippen LogP contribution in [0.15, 0.2) is 18.2 Å². The van der Waals surface area contributed by atoms with Gasteiger partial charge in [0.2, 0.25) is 11.8 Å². The topological polar surface area (TPSA) is 59.1 Å². The van der Waals surface area contributed by atoms with Gasteiger partial charge in [-0.15, -0.1) is 0 Å². The van der Waals surface area contributed by atoms with Gasteiger partial charge in [-0.05, 0) is 31.0 Å². The Bertz CT molecular complexity index is 672. The number of carbonyl (C=O) groups is 2. The van der Waals surface area contributed by atoms with Gasteiger partial charge in [0.25, 0.3) is 0 Å². The van der Waals surface area contributed by atoms with E-state index in [1.165, 1.54) is 0 Å². The van der Waals surface area contributed by atoms with Crippen molar-refractivity contribution >= 4 is 17.5 Å². The quantitative estimate of drug-likeness (QED) is 0.827. The van der Waals surface area contributed by atoms with Gasteiger partial charge < -0.3 is 19.3 Å². The zero-order chi connectivity index (χ0) is 18.7. The van der Waals surface area contributed by atoms with Crippen LogP contribution in [-0.2, 0) is 19.1 Å². The van der Waals surface area contributed by atoms with Gasteiger partial charge in [-0.2, -0.15) is 0 Å². The van der Waals surface area contributed by atoms with Gasteiger partial charge in [-0.3, -0.25) is 9.59 Å². The standard InChI is InChI=1S/C20H28N2O4/c1-15-4-5-16(2)18(14-15)22(17(3)23)9-6-19(24)21-10-7-20(8-11-21)25-12-13-26-20/h4-5,14H,6-13H2,1-3H3. The lowest BCUT2D eigenvalue weighted by atomic mass is 10.0. The third-order valence-corrected chi connectivity index (χ3v) is 5.28. The van der Waals surface area contributed by atoms with E-state index in [1.807, 2.05) is 36.9 Å². The van der Waals surface area contributed by atoms with Gasteiger partial charge >= 0.3 is 0 Å². The average Bonchev–Trinajstić information content (AvgIpc) is 3.06. The molecule has 0 radical (unpaired) electrons. The summed E-state index contributed by atoms with van der Waals surface area (Å²) in [5.41, 5.74) is 3.02. The van der Waals surface area contributed by atoms with E-state index in [4.69, 9.17) is 9.47 Å². The van der Waals surface area contributed by atoms with Crippen molar-refractivity contribution in [1.82, 2.24) is 4.90 Å². The van der Waals surface area contributed by atoms with E-state index in [0.717, 1.165) is 16.8 Å². The molecule has 1 aromatic carbocycles. The summed E-state index contributed by atoms with van der Waals surface area (Å²) in [5.74, 6) is -0.438. The molecule has 3 rings (SSSR count). The minimum Gasteiger partial charge on any atom is -0.347 e. The first-order valence-corrected chi connectivity index (χ1v) is 9.31. The Labute approximate surface area is 155 Å². The number of ether oxygens (including phenoxy) is 2. The van der Waals surface area contributed by atoms with Crippen molar-refractivity contribution in [3.8, 4) is 0 Å². The molecule has 0 atom stereocenters.